The number of hydrogen-bond acceptors (Lipinski definition) is 4. The van der Waals surface area contributed by atoms with Crippen molar-refractivity contribution in [2.75, 3.05) is 13.6 Å². The van der Waals surface area contributed by atoms with Crippen molar-refractivity contribution < 1.29 is 9.59 Å². The number of benzene rings is 1. The number of carbonyl (C=O) groups is 2. The highest BCUT2D eigenvalue weighted by atomic mass is 32.2. The number of hydrogen-bond donors (Lipinski definition) is 1. The summed E-state index contributed by atoms with van der Waals surface area (Å²) < 4.78 is 0. The number of allylic oxidation sites excluding steroid dienone is 2. The number of carbonyl (C=O) groups excluding carboxylic acids is 2. The molecular formula is C17H18N2O2S. The Hall–Kier alpha value is -2.01. The first-order valence-corrected chi connectivity index (χ1v) is 8.21. The van der Waals surface area contributed by atoms with Crippen molar-refractivity contribution in [3.63, 3.8) is 0 Å². The van der Waals surface area contributed by atoms with Gasteiger partial charge in [-0.2, -0.15) is 0 Å². The number of thioether (sulfide) groups is 1. The topological polar surface area (TPSA) is 49.4 Å². The van der Waals surface area contributed by atoms with Crippen LogP contribution < -0.4 is 5.32 Å². The van der Waals surface area contributed by atoms with E-state index < -0.39 is 0 Å². The molecule has 1 N–H and O–H groups in total. The standard InChI is InChI=1S/C17H18N2O2S/c1-19-14-8-7-13(20)11-15(14)22-16(19)9-10-18-17(21)12-5-3-2-4-6-12/h2-6,8,11,16H,7,9-10H2,1H3,(H,18,21). The molecule has 0 aromatic heterocycles. The predicted molar refractivity (Wildman–Crippen MR) is 88.3 cm³/mol. The van der Waals surface area contributed by atoms with E-state index in [9.17, 15) is 9.59 Å². The van der Waals surface area contributed by atoms with Gasteiger partial charge in [-0.25, -0.2) is 0 Å². The van der Waals surface area contributed by atoms with Crippen LogP contribution >= 0.6 is 11.8 Å². The van der Waals surface area contributed by atoms with Crippen molar-refractivity contribution >= 4 is 23.5 Å². The van der Waals surface area contributed by atoms with Gasteiger partial charge in [-0.15, -0.1) is 0 Å². The minimum absolute atomic E-state index is 0.0442. The summed E-state index contributed by atoms with van der Waals surface area (Å²) in [5, 5.41) is 3.22. The average molecular weight is 314 g/mol. The van der Waals surface area contributed by atoms with E-state index in [4.69, 9.17) is 0 Å². The van der Waals surface area contributed by atoms with E-state index in [2.05, 4.69) is 10.2 Å². The molecule has 1 fully saturated rings. The summed E-state index contributed by atoms with van der Waals surface area (Å²) in [5.74, 6) is 0.120. The van der Waals surface area contributed by atoms with Crippen LogP contribution in [0.25, 0.3) is 0 Å². The number of amides is 1. The first-order valence-electron chi connectivity index (χ1n) is 7.33. The van der Waals surface area contributed by atoms with Crippen LogP contribution in [0.5, 0.6) is 0 Å². The van der Waals surface area contributed by atoms with E-state index in [-0.39, 0.29) is 17.1 Å². The number of nitrogens with zero attached hydrogens (tertiary/aromatic N) is 1. The Balaban J connectivity index is 1.54. The Kier molecular flexibility index (Phi) is 4.34. The third-order valence-corrected chi connectivity index (χ3v) is 5.23. The summed E-state index contributed by atoms with van der Waals surface area (Å²) in [6, 6.07) is 9.22. The maximum Gasteiger partial charge on any atom is 0.251 e. The lowest BCUT2D eigenvalue weighted by Crippen LogP contribution is -2.30. The molecule has 114 valence electrons. The maximum absolute atomic E-state index is 12.0. The highest BCUT2D eigenvalue weighted by molar-refractivity contribution is 8.04. The van der Waals surface area contributed by atoms with E-state index in [0.717, 1.165) is 17.0 Å². The molecule has 1 unspecified atom stereocenters. The lowest BCUT2D eigenvalue weighted by atomic mass is 10.1. The van der Waals surface area contributed by atoms with E-state index in [0.29, 0.717) is 18.5 Å². The van der Waals surface area contributed by atoms with Gasteiger partial charge in [-0.3, -0.25) is 9.59 Å². The molecule has 4 nitrogen and oxygen atoms in total. The van der Waals surface area contributed by atoms with Crippen LogP contribution in [-0.4, -0.2) is 35.6 Å². The van der Waals surface area contributed by atoms with Gasteiger partial charge in [0, 0.05) is 36.2 Å². The van der Waals surface area contributed by atoms with Gasteiger partial charge in [-0.1, -0.05) is 36.0 Å². The number of ketones is 1. The molecule has 22 heavy (non-hydrogen) atoms. The van der Waals surface area contributed by atoms with Crippen molar-refractivity contribution in [3.05, 3.63) is 58.6 Å². The lowest BCUT2D eigenvalue weighted by Gasteiger charge is -2.21. The highest BCUT2D eigenvalue weighted by Gasteiger charge is 2.31. The van der Waals surface area contributed by atoms with E-state index in [1.54, 1.807) is 17.8 Å². The lowest BCUT2D eigenvalue weighted by molar-refractivity contribution is -0.114. The smallest absolute Gasteiger partial charge is 0.251 e. The Morgan fingerprint density at radius 1 is 1.36 bits per heavy atom. The van der Waals surface area contributed by atoms with Crippen molar-refractivity contribution in [2.45, 2.75) is 18.2 Å². The molecule has 1 aromatic rings. The highest BCUT2D eigenvalue weighted by Crippen LogP contribution is 2.43. The summed E-state index contributed by atoms with van der Waals surface area (Å²) in [5.41, 5.74) is 1.82. The van der Waals surface area contributed by atoms with Crippen molar-refractivity contribution in [3.8, 4) is 0 Å². The Morgan fingerprint density at radius 2 is 2.14 bits per heavy atom. The van der Waals surface area contributed by atoms with E-state index >= 15 is 0 Å². The second kappa shape index (κ2) is 6.40. The number of fused-ring (bicyclic) bond motifs is 1. The first-order chi connectivity index (χ1) is 10.6. The van der Waals surface area contributed by atoms with E-state index in [1.165, 1.54) is 0 Å². The van der Waals surface area contributed by atoms with Crippen LogP contribution in [0.15, 0.2) is 53.1 Å². The summed E-state index contributed by atoms with van der Waals surface area (Å²) in [4.78, 5) is 26.7. The molecule has 1 amide bonds. The minimum Gasteiger partial charge on any atom is -0.362 e. The van der Waals surface area contributed by atoms with Crippen LogP contribution in [0.3, 0.4) is 0 Å². The SMILES string of the molecule is CN1C2=CCC(=O)C=C2SC1CCNC(=O)c1ccccc1. The first kappa shape index (κ1) is 14.9. The molecule has 1 saturated heterocycles. The molecule has 0 saturated carbocycles. The molecule has 1 heterocycles. The zero-order valence-electron chi connectivity index (χ0n) is 12.4. The molecule has 0 bridgehead atoms. The summed E-state index contributed by atoms with van der Waals surface area (Å²) in [6.07, 6.45) is 5.05. The quantitative estimate of drug-likeness (QED) is 0.928. The molecule has 2 aliphatic rings. The minimum atomic E-state index is -0.0442. The molecule has 0 radical (unpaired) electrons. The summed E-state index contributed by atoms with van der Waals surface area (Å²) >= 11 is 1.70. The second-order valence-corrected chi connectivity index (χ2v) is 6.58. The van der Waals surface area contributed by atoms with Crippen molar-refractivity contribution in [1.29, 1.82) is 0 Å². The molecule has 1 aromatic carbocycles. The van der Waals surface area contributed by atoms with Gasteiger partial charge in [0.1, 0.15) is 0 Å². The van der Waals surface area contributed by atoms with Gasteiger partial charge in [0.05, 0.1) is 5.37 Å². The number of likely N-dealkylation sites (N-methyl/N-ethyl adjacent to an activating group) is 1. The Bertz CT molecular complexity index is 652. The van der Waals surface area contributed by atoms with Gasteiger partial charge in [0.15, 0.2) is 5.78 Å². The largest absolute Gasteiger partial charge is 0.362 e. The van der Waals surface area contributed by atoms with Gasteiger partial charge in [0.2, 0.25) is 0 Å². The number of nitrogens with one attached hydrogen (secondary N) is 1. The predicted octanol–water partition coefficient (Wildman–Crippen LogP) is 2.55. The fraction of sp³-hybridized carbons (Fsp3) is 0.294. The monoisotopic (exact) mass is 314 g/mol. The van der Waals surface area contributed by atoms with Crippen LogP contribution in [-0.2, 0) is 4.79 Å². The van der Waals surface area contributed by atoms with Crippen LogP contribution in [0.1, 0.15) is 23.2 Å². The maximum atomic E-state index is 12.0. The normalized spacial score (nSPS) is 20.3. The fourth-order valence-corrected chi connectivity index (χ4v) is 3.97. The second-order valence-electron chi connectivity index (χ2n) is 5.36. The van der Waals surface area contributed by atoms with Crippen LogP contribution in [0.4, 0.5) is 0 Å². The van der Waals surface area contributed by atoms with Gasteiger partial charge in [0.25, 0.3) is 5.91 Å². The molecule has 3 rings (SSSR count). The van der Waals surface area contributed by atoms with Crippen LogP contribution in [0.2, 0.25) is 0 Å². The molecule has 0 spiro atoms. The fourth-order valence-electron chi connectivity index (χ4n) is 2.62. The number of rotatable bonds is 4. The molecule has 1 atom stereocenters. The average Bonchev–Trinajstić information content (AvgIpc) is 2.83. The Morgan fingerprint density at radius 3 is 2.91 bits per heavy atom. The van der Waals surface area contributed by atoms with Gasteiger partial charge in [-0.05, 0) is 24.6 Å². The summed E-state index contributed by atoms with van der Waals surface area (Å²) in [6.45, 7) is 0.615. The zero-order chi connectivity index (χ0) is 15.5. The van der Waals surface area contributed by atoms with Crippen molar-refractivity contribution in [2.24, 2.45) is 0 Å². The molecular weight excluding hydrogens is 296 g/mol. The summed E-state index contributed by atoms with van der Waals surface area (Å²) in [7, 11) is 2.04. The van der Waals surface area contributed by atoms with Gasteiger partial charge < -0.3 is 10.2 Å². The molecule has 5 heteroatoms. The third-order valence-electron chi connectivity index (χ3n) is 3.83. The third kappa shape index (κ3) is 3.09. The van der Waals surface area contributed by atoms with Crippen molar-refractivity contribution in [1.82, 2.24) is 10.2 Å². The van der Waals surface area contributed by atoms with E-state index in [1.807, 2.05) is 43.5 Å². The molecule has 1 aliphatic carbocycles. The Labute approximate surface area is 134 Å². The van der Waals surface area contributed by atoms with Gasteiger partial charge >= 0.3 is 0 Å². The zero-order valence-corrected chi connectivity index (χ0v) is 13.2. The molecule has 1 aliphatic heterocycles. The van der Waals surface area contributed by atoms with Crippen LogP contribution in [0, 0.1) is 0 Å².